The number of benzene rings is 8. The van der Waals surface area contributed by atoms with Crippen LogP contribution in [0.4, 0.5) is 34.1 Å². The molecule has 0 atom stereocenters. The molecule has 10 rings (SSSR count). The Morgan fingerprint density at radius 3 is 1.70 bits per heavy atom. The lowest BCUT2D eigenvalue weighted by Crippen LogP contribution is -2.32. The van der Waals surface area contributed by atoms with Crippen LogP contribution < -0.4 is 14.5 Å². The topological polar surface area (TPSA) is 15.7 Å². The molecule has 2 aliphatic rings. The zero-order chi connectivity index (χ0) is 36.2. The predicted molar refractivity (Wildman–Crippen MR) is 224 cm³/mol. The lowest BCUT2D eigenvalue weighted by molar-refractivity contribution is 0.471. The fourth-order valence-corrected chi connectivity index (χ4v) is 8.31. The largest absolute Gasteiger partial charge is 0.453 e. The van der Waals surface area contributed by atoms with Crippen LogP contribution in [0.1, 0.15) is 25.0 Å². The summed E-state index contributed by atoms with van der Waals surface area (Å²) in [5, 5.41) is 0. The van der Waals surface area contributed by atoms with E-state index in [-0.39, 0.29) is 5.41 Å². The zero-order valence-corrected chi connectivity index (χ0v) is 30.3. The molecular weight excluding hydrogens is 657 g/mol. The van der Waals surface area contributed by atoms with Crippen LogP contribution in [0.15, 0.2) is 194 Å². The van der Waals surface area contributed by atoms with E-state index >= 15 is 0 Å². The van der Waals surface area contributed by atoms with E-state index < -0.39 is 0 Å². The maximum absolute atomic E-state index is 6.43. The molecule has 3 heteroatoms. The van der Waals surface area contributed by atoms with E-state index in [9.17, 15) is 0 Å². The van der Waals surface area contributed by atoms with Crippen molar-refractivity contribution in [2.75, 3.05) is 9.80 Å². The number of hydrogen-bond acceptors (Lipinski definition) is 3. The number of rotatable bonds is 6. The second-order valence-electron chi connectivity index (χ2n) is 14.6. The fraction of sp³-hybridized carbons (Fsp3) is 0.0588. The van der Waals surface area contributed by atoms with E-state index in [1.807, 2.05) is 6.07 Å². The van der Waals surface area contributed by atoms with Gasteiger partial charge in [-0.1, -0.05) is 147 Å². The second-order valence-corrected chi connectivity index (χ2v) is 14.6. The van der Waals surface area contributed by atoms with Gasteiger partial charge in [0.05, 0.1) is 22.7 Å². The third-order valence-electron chi connectivity index (χ3n) is 11.1. The van der Waals surface area contributed by atoms with Crippen molar-refractivity contribution >= 4 is 34.1 Å². The van der Waals surface area contributed by atoms with Crippen LogP contribution in [0.3, 0.4) is 0 Å². The Morgan fingerprint density at radius 1 is 0.426 bits per heavy atom. The van der Waals surface area contributed by atoms with Crippen molar-refractivity contribution in [2.45, 2.75) is 19.3 Å². The lowest BCUT2D eigenvalue weighted by atomic mass is 9.72. The summed E-state index contributed by atoms with van der Waals surface area (Å²) in [6, 6.07) is 69.6. The maximum Gasteiger partial charge on any atom is 0.151 e. The summed E-state index contributed by atoms with van der Waals surface area (Å²) < 4.78 is 6.43. The molecule has 2 heterocycles. The molecular formula is C51H38N2O. The van der Waals surface area contributed by atoms with E-state index in [0.717, 1.165) is 39.9 Å². The number of fused-ring (bicyclic) bond motifs is 4. The van der Waals surface area contributed by atoms with Gasteiger partial charge in [-0.25, -0.2) is 0 Å². The van der Waals surface area contributed by atoms with Crippen molar-refractivity contribution in [1.82, 2.24) is 0 Å². The van der Waals surface area contributed by atoms with Gasteiger partial charge in [-0.15, -0.1) is 0 Å². The zero-order valence-electron chi connectivity index (χ0n) is 30.3. The first-order chi connectivity index (χ1) is 26.5. The summed E-state index contributed by atoms with van der Waals surface area (Å²) in [6.45, 7) is 4.66. The highest BCUT2D eigenvalue weighted by molar-refractivity contribution is 5.94. The van der Waals surface area contributed by atoms with E-state index in [1.165, 1.54) is 50.2 Å². The highest BCUT2D eigenvalue weighted by Gasteiger charge is 2.41. The highest BCUT2D eigenvalue weighted by atomic mass is 16.5. The van der Waals surface area contributed by atoms with Gasteiger partial charge in [-0.3, -0.25) is 0 Å². The van der Waals surface area contributed by atoms with Gasteiger partial charge in [0, 0.05) is 22.4 Å². The van der Waals surface area contributed by atoms with Gasteiger partial charge in [0.25, 0.3) is 0 Å². The summed E-state index contributed by atoms with van der Waals surface area (Å²) in [5.74, 6) is 1.78. The van der Waals surface area contributed by atoms with Gasteiger partial charge in [-0.2, -0.15) is 0 Å². The minimum absolute atomic E-state index is 0.230. The van der Waals surface area contributed by atoms with Crippen molar-refractivity contribution in [1.29, 1.82) is 0 Å². The van der Waals surface area contributed by atoms with Gasteiger partial charge in [0.1, 0.15) is 0 Å². The number of anilines is 6. The SMILES string of the molecule is CC1(C)c2cc(-c3ccc(N(c4ccc(-c5ccccc5)cc4)c4ccccc4-c4ccccc4)cc3)ccc2N2c3ccccc3Oc3cccc1c32. The molecule has 0 saturated heterocycles. The van der Waals surface area contributed by atoms with Gasteiger partial charge in [0.2, 0.25) is 0 Å². The first-order valence-corrected chi connectivity index (χ1v) is 18.6. The molecule has 8 aromatic rings. The Hall–Kier alpha value is -6.84. The van der Waals surface area contributed by atoms with Crippen LogP contribution >= 0.6 is 0 Å². The Kier molecular flexibility index (Phi) is 7.48. The summed E-state index contributed by atoms with van der Waals surface area (Å²) in [5.41, 5.74) is 16.2. The maximum atomic E-state index is 6.43. The minimum atomic E-state index is -0.230. The average Bonchev–Trinajstić information content (AvgIpc) is 3.23. The molecule has 0 radical (unpaired) electrons. The third-order valence-corrected chi connectivity index (χ3v) is 11.1. The van der Waals surface area contributed by atoms with Crippen molar-refractivity contribution < 1.29 is 4.74 Å². The molecule has 0 saturated carbocycles. The van der Waals surface area contributed by atoms with Crippen LogP contribution in [-0.4, -0.2) is 0 Å². The predicted octanol–water partition coefficient (Wildman–Crippen LogP) is 14.4. The van der Waals surface area contributed by atoms with E-state index in [0.29, 0.717) is 0 Å². The Labute approximate surface area is 317 Å². The summed E-state index contributed by atoms with van der Waals surface area (Å²) >= 11 is 0. The van der Waals surface area contributed by atoms with E-state index in [1.54, 1.807) is 0 Å². The fourth-order valence-electron chi connectivity index (χ4n) is 8.31. The van der Waals surface area contributed by atoms with Crippen LogP contribution in [-0.2, 0) is 5.41 Å². The van der Waals surface area contributed by atoms with E-state index in [4.69, 9.17) is 4.74 Å². The molecule has 3 nitrogen and oxygen atoms in total. The molecule has 0 aromatic heterocycles. The van der Waals surface area contributed by atoms with E-state index in [2.05, 4.69) is 212 Å². The monoisotopic (exact) mass is 694 g/mol. The second kappa shape index (κ2) is 12.7. The van der Waals surface area contributed by atoms with Crippen molar-refractivity contribution in [2.24, 2.45) is 0 Å². The van der Waals surface area contributed by atoms with Crippen molar-refractivity contribution in [3.63, 3.8) is 0 Å². The smallest absolute Gasteiger partial charge is 0.151 e. The Morgan fingerprint density at radius 2 is 0.981 bits per heavy atom. The van der Waals surface area contributed by atoms with Gasteiger partial charge in [-0.05, 0) is 99.6 Å². The Bertz CT molecular complexity index is 2650. The molecule has 2 aliphatic heterocycles. The van der Waals surface area contributed by atoms with Crippen molar-refractivity contribution in [3.05, 3.63) is 205 Å². The van der Waals surface area contributed by atoms with Crippen LogP contribution in [0.25, 0.3) is 33.4 Å². The molecule has 0 spiro atoms. The molecule has 0 amide bonds. The van der Waals surface area contributed by atoms with Gasteiger partial charge >= 0.3 is 0 Å². The molecule has 0 aliphatic carbocycles. The molecule has 0 fully saturated rings. The first kappa shape index (κ1) is 31.9. The van der Waals surface area contributed by atoms with Crippen LogP contribution in [0, 0.1) is 0 Å². The minimum Gasteiger partial charge on any atom is -0.453 e. The number of para-hydroxylation sites is 4. The van der Waals surface area contributed by atoms with Crippen molar-refractivity contribution in [3.8, 4) is 44.9 Å². The summed E-state index contributed by atoms with van der Waals surface area (Å²) in [7, 11) is 0. The molecule has 258 valence electrons. The molecule has 0 unspecified atom stereocenters. The van der Waals surface area contributed by atoms with Crippen LogP contribution in [0.5, 0.6) is 11.5 Å². The normalized spacial score (nSPS) is 13.3. The number of nitrogens with zero attached hydrogens (tertiary/aromatic N) is 2. The Balaban J connectivity index is 1.06. The summed E-state index contributed by atoms with van der Waals surface area (Å²) in [6.07, 6.45) is 0. The molecule has 54 heavy (non-hydrogen) atoms. The quantitative estimate of drug-likeness (QED) is 0.172. The number of hydrogen-bond donors (Lipinski definition) is 0. The molecule has 0 bridgehead atoms. The number of ether oxygens (including phenoxy) is 1. The van der Waals surface area contributed by atoms with Gasteiger partial charge in [0.15, 0.2) is 11.5 Å². The summed E-state index contributed by atoms with van der Waals surface area (Å²) in [4.78, 5) is 4.77. The van der Waals surface area contributed by atoms with Gasteiger partial charge < -0.3 is 14.5 Å². The highest BCUT2D eigenvalue weighted by Crippen LogP contribution is 2.60. The van der Waals surface area contributed by atoms with Crippen LogP contribution in [0.2, 0.25) is 0 Å². The standard InChI is InChI=1S/C51H38N2O/c1-51(2)43-19-13-23-49-50(43)53(47-21-11-12-22-48(47)54-49)46-33-28-39(34-44(46)51)37-26-31-41(32-27-37)52(40-29-24-36(25-30-40)35-14-5-3-6-15-35)45-20-10-9-18-42(45)38-16-7-4-8-17-38/h3-34H,1-2H3. The first-order valence-electron chi connectivity index (χ1n) is 18.6. The molecule has 0 N–H and O–H groups in total. The average molecular weight is 695 g/mol. The molecule has 8 aromatic carbocycles. The lowest BCUT2D eigenvalue weighted by Gasteiger charge is -2.45. The third kappa shape index (κ3) is 5.20.